The van der Waals surface area contributed by atoms with E-state index < -0.39 is 0 Å². The van der Waals surface area contributed by atoms with Crippen LogP contribution < -0.4 is 4.74 Å². The van der Waals surface area contributed by atoms with E-state index in [9.17, 15) is 5.11 Å². The first-order valence-corrected chi connectivity index (χ1v) is 7.78. The van der Waals surface area contributed by atoms with Crippen LogP contribution in [0.3, 0.4) is 0 Å². The molecule has 2 aromatic rings. The van der Waals surface area contributed by atoms with Crippen molar-refractivity contribution < 1.29 is 9.84 Å². The van der Waals surface area contributed by atoms with Crippen molar-refractivity contribution in [2.75, 3.05) is 0 Å². The molecule has 1 unspecified atom stereocenters. The van der Waals surface area contributed by atoms with Gasteiger partial charge in [-0.15, -0.1) is 0 Å². The SMILES string of the molecule is CCc1ccc(COc2ccc3c(c2)CCCC3O)cc1. The lowest BCUT2D eigenvalue weighted by Gasteiger charge is -2.21. The summed E-state index contributed by atoms with van der Waals surface area (Å²) in [5.74, 6) is 0.891. The molecule has 0 saturated carbocycles. The molecular weight excluding hydrogens is 260 g/mol. The molecule has 3 rings (SSSR count). The lowest BCUT2D eigenvalue weighted by atomic mass is 9.89. The average Bonchev–Trinajstić information content (AvgIpc) is 2.53. The van der Waals surface area contributed by atoms with Gasteiger partial charge >= 0.3 is 0 Å². The van der Waals surface area contributed by atoms with Gasteiger partial charge in [0.15, 0.2) is 0 Å². The molecular formula is C19H22O2. The Labute approximate surface area is 126 Å². The number of aliphatic hydroxyl groups is 1. The molecule has 0 aliphatic heterocycles. The van der Waals surface area contributed by atoms with E-state index in [4.69, 9.17) is 4.74 Å². The molecule has 2 nitrogen and oxygen atoms in total. The summed E-state index contributed by atoms with van der Waals surface area (Å²) < 4.78 is 5.89. The maximum atomic E-state index is 9.97. The molecule has 1 aliphatic rings. The first-order valence-electron chi connectivity index (χ1n) is 7.78. The van der Waals surface area contributed by atoms with Crippen LogP contribution in [0.5, 0.6) is 5.75 Å². The highest BCUT2D eigenvalue weighted by Crippen LogP contribution is 2.32. The quantitative estimate of drug-likeness (QED) is 0.910. The van der Waals surface area contributed by atoms with Gasteiger partial charge in [-0.25, -0.2) is 0 Å². The van der Waals surface area contributed by atoms with Crippen molar-refractivity contribution in [2.45, 2.75) is 45.3 Å². The molecule has 2 aromatic carbocycles. The summed E-state index contributed by atoms with van der Waals surface area (Å²) in [6, 6.07) is 14.6. The highest BCUT2D eigenvalue weighted by atomic mass is 16.5. The van der Waals surface area contributed by atoms with Crippen molar-refractivity contribution in [3.63, 3.8) is 0 Å². The minimum absolute atomic E-state index is 0.301. The highest BCUT2D eigenvalue weighted by Gasteiger charge is 2.18. The summed E-state index contributed by atoms with van der Waals surface area (Å²) in [7, 11) is 0. The van der Waals surface area contributed by atoms with Crippen LogP contribution in [-0.2, 0) is 19.4 Å². The largest absolute Gasteiger partial charge is 0.489 e. The lowest BCUT2D eigenvalue weighted by molar-refractivity contribution is 0.156. The number of fused-ring (bicyclic) bond motifs is 1. The number of rotatable bonds is 4. The molecule has 21 heavy (non-hydrogen) atoms. The van der Waals surface area contributed by atoms with Crippen molar-refractivity contribution in [3.05, 3.63) is 64.7 Å². The van der Waals surface area contributed by atoms with E-state index in [1.807, 2.05) is 12.1 Å². The number of ether oxygens (including phenoxy) is 1. The van der Waals surface area contributed by atoms with Gasteiger partial charge in [-0.3, -0.25) is 0 Å². The summed E-state index contributed by atoms with van der Waals surface area (Å²) in [5, 5.41) is 9.97. The molecule has 1 N–H and O–H groups in total. The van der Waals surface area contributed by atoms with E-state index in [-0.39, 0.29) is 6.10 Å². The fourth-order valence-electron chi connectivity index (χ4n) is 2.89. The summed E-state index contributed by atoms with van der Waals surface area (Å²) in [4.78, 5) is 0. The second-order valence-electron chi connectivity index (χ2n) is 5.73. The fourth-order valence-corrected chi connectivity index (χ4v) is 2.89. The Hall–Kier alpha value is -1.80. The molecule has 0 heterocycles. The number of hydrogen-bond acceptors (Lipinski definition) is 2. The molecule has 0 saturated heterocycles. The van der Waals surface area contributed by atoms with Gasteiger partial charge in [0.1, 0.15) is 12.4 Å². The van der Waals surface area contributed by atoms with E-state index in [2.05, 4.69) is 37.3 Å². The van der Waals surface area contributed by atoms with Gasteiger partial charge in [-0.2, -0.15) is 0 Å². The standard InChI is InChI=1S/C19H22O2/c1-2-14-6-8-15(9-7-14)13-21-17-10-11-18-16(12-17)4-3-5-19(18)20/h6-12,19-20H,2-5,13H2,1H3. The molecule has 1 atom stereocenters. The molecule has 0 spiro atoms. The average molecular weight is 282 g/mol. The minimum Gasteiger partial charge on any atom is -0.489 e. The van der Waals surface area contributed by atoms with Gasteiger partial charge in [-0.05, 0) is 60.1 Å². The minimum atomic E-state index is -0.301. The number of aryl methyl sites for hydroxylation is 2. The van der Waals surface area contributed by atoms with Crippen molar-refractivity contribution in [1.82, 2.24) is 0 Å². The van der Waals surface area contributed by atoms with Gasteiger partial charge < -0.3 is 9.84 Å². The van der Waals surface area contributed by atoms with Crippen molar-refractivity contribution in [1.29, 1.82) is 0 Å². The summed E-state index contributed by atoms with van der Waals surface area (Å²) in [6.07, 6.45) is 3.72. The first-order chi connectivity index (χ1) is 10.3. The maximum Gasteiger partial charge on any atom is 0.120 e. The van der Waals surface area contributed by atoms with E-state index in [0.717, 1.165) is 37.0 Å². The van der Waals surface area contributed by atoms with Gasteiger partial charge in [0.25, 0.3) is 0 Å². The Morgan fingerprint density at radius 1 is 1.10 bits per heavy atom. The second kappa shape index (κ2) is 6.31. The van der Waals surface area contributed by atoms with Crippen molar-refractivity contribution in [3.8, 4) is 5.75 Å². The molecule has 1 aliphatic carbocycles. The van der Waals surface area contributed by atoms with Gasteiger partial charge in [-0.1, -0.05) is 37.3 Å². The Balaban J connectivity index is 1.67. The van der Waals surface area contributed by atoms with Crippen LogP contribution >= 0.6 is 0 Å². The van der Waals surface area contributed by atoms with Crippen LogP contribution in [0.15, 0.2) is 42.5 Å². The van der Waals surface area contributed by atoms with Crippen LogP contribution in [0.4, 0.5) is 0 Å². The van der Waals surface area contributed by atoms with E-state index in [1.165, 1.54) is 16.7 Å². The number of aliphatic hydroxyl groups excluding tert-OH is 1. The summed E-state index contributed by atoms with van der Waals surface area (Å²) in [5.41, 5.74) is 4.83. The third-order valence-electron chi connectivity index (χ3n) is 4.23. The Kier molecular flexibility index (Phi) is 4.26. The van der Waals surface area contributed by atoms with Crippen LogP contribution in [-0.4, -0.2) is 5.11 Å². The van der Waals surface area contributed by atoms with Crippen LogP contribution in [0.25, 0.3) is 0 Å². The number of benzene rings is 2. The topological polar surface area (TPSA) is 29.5 Å². The van der Waals surface area contributed by atoms with Gasteiger partial charge in [0, 0.05) is 0 Å². The second-order valence-corrected chi connectivity index (χ2v) is 5.73. The summed E-state index contributed by atoms with van der Waals surface area (Å²) >= 11 is 0. The zero-order valence-electron chi connectivity index (χ0n) is 12.5. The van der Waals surface area contributed by atoms with E-state index in [1.54, 1.807) is 0 Å². The predicted molar refractivity (Wildman–Crippen MR) is 84.5 cm³/mol. The van der Waals surface area contributed by atoms with E-state index in [0.29, 0.717) is 6.61 Å². The molecule has 0 aromatic heterocycles. The molecule has 0 bridgehead atoms. The Bertz CT molecular complexity index is 601. The fraction of sp³-hybridized carbons (Fsp3) is 0.368. The van der Waals surface area contributed by atoms with Crippen molar-refractivity contribution >= 4 is 0 Å². The predicted octanol–water partition coefficient (Wildman–Crippen LogP) is 4.20. The van der Waals surface area contributed by atoms with Crippen LogP contribution in [0.1, 0.15) is 48.1 Å². The lowest BCUT2D eigenvalue weighted by Crippen LogP contribution is -2.09. The monoisotopic (exact) mass is 282 g/mol. The highest BCUT2D eigenvalue weighted by molar-refractivity contribution is 5.38. The normalized spacial score (nSPS) is 17.3. The zero-order chi connectivity index (χ0) is 14.7. The van der Waals surface area contributed by atoms with Crippen LogP contribution in [0, 0.1) is 0 Å². The maximum absolute atomic E-state index is 9.97. The van der Waals surface area contributed by atoms with Gasteiger partial charge in [0.05, 0.1) is 6.10 Å². The van der Waals surface area contributed by atoms with Gasteiger partial charge in [0.2, 0.25) is 0 Å². The molecule has 0 fully saturated rings. The van der Waals surface area contributed by atoms with E-state index >= 15 is 0 Å². The number of hydrogen-bond donors (Lipinski definition) is 1. The van der Waals surface area contributed by atoms with Crippen LogP contribution in [0.2, 0.25) is 0 Å². The zero-order valence-corrected chi connectivity index (χ0v) is 12.5. The third kappa shape index (κ3) is 3.27. The molecule has 2 heteroatoms. The smallest absolute Gasteiger partial charge is 0.120 e. The first kappa shape index (κ1) is 14.2. The molecule has 0 amide bonds. The van der Waals surface area contributed by atoms with Crippen molar-refractivity contribution in [2.24, 2.45) is 0 Å². The Morgan fingerprint density at radius 3 is 2.62 bits per heavy atom. The molecule has 0 radical (unpaired) electrons. The Morgan fingerprint density at radius 2 is 1.86 bits per heavy atom. The summed E-state index contributed by atoms with van der Waals surface area (Å²) in [6.45, 7) is 2.75. The third-order valence-corrected chi connectivity index (χ3v) is 4.23. The molecule has 110 valence electrons.